The summed E-state index contributed by atoms with van der Waals surface area (Å²) in [6.07, 6.45) is 0.659. The predicted molar refractivity (Wildman–Crippen MR) is 88.8 cm³/mol. The van der Waals surface area contributed by atoms with Crippen molar-refractivity contribution in [2.45, 2.75) is 20.4 Å². The van der Waals surface area contributed by atoms with Crippen LogP contribution in [0.4, 0.5) is 4.79 Å². The number of carbonyl (C=O) groups excluding carboxylic acids is 2. The summed E-state index contributed by atoms with van der Waals surface area (Å²) in [5.41, 5.74) is 1.91. The van der Waals surface area contributed by atoms with E-state index >= 15 is 0 Å². The molecular weight excluding hydrogens is 294 g/mol. The van der Waals surface area contributed by atoms with Gasteiger partial charge in [0.05, 0.1) is 5.56 Å². The number of piperazine rings is 1. The molecule has 0 bridgehead atoms. The molecule has 0 aliphatic carbocycles. The summed E-state index contributed by atoms with van der Waals surface area (Å²) in [6, 6.07) is 3.32. The molecule has 1 heterocycles. The molecule has 1 N–H and O–H groups in total. The van der Waals surface area contributed by atoms with E-state index < -0.39 is 0 Å². The van der Waals surface area contributed by atoms with Gasteiger partial charge in [0, 0.05) is 39.3 Å². The Hall–Kier alpha value is -2.08. The largest absolute Gasteiger partial charge is 0.507 e. The third kappa shape index (κ3) is 3.82. The number of amides is 2. The quantitative estimate of drug-likeness (QED) is 0.858. The van der Waals surface area contributed by atoms with Crippen molar-refractivity contribution in [3.63, 3.8) is 0 Å². The summed E-state index contributed by atoms with van der Waals surface area (Å²) in [6.45, 7) is 8.03. The molecule has 6 heteroatoms. The molecule has 1 aliphatic rings. The summed E-state index contributed by atoms with van der Waals surface area (Å²) in [5.74, 6) is -0.0188. The van der Waals surface area contributed by atoms with Crippen molar-refractivity contribution >= 4 is 12.3 Å². The lowest BCUT2D eigenvalue weighted by atomic mass is 10.0. The number of hydrogen-bond donors (Lipinski definition) is 1. The molecule has 0 unspecified atom stereocenters. The molecule has 0 spiro atoms. The maximum absolute atomic E-state index is 12.7. The summed E-state index contributed by atoms with van der Waals surface area (Å²) < 4.78 is 0. The Kier molecular flexibility index (Phi) is 5.60. The van der Waals surface area contributed by atoms with Gasteiger partial charge in [-0.3, -0.25) is 4.79 Å². The third-order valence-electron chi connectivity index (χ3n) is 4.51. The number of likely N-dealkylation sites (N-methyl/N-ethyl adjacent to an activating group) is 1. The van der Waals surface area contributed by atoms with Gasteiger partial charge in [0.1, 0.15) is 5.75 Å². The van der Waals surface area contributed by atoms with Gasteiger partial charge in [-0.1, -0.05) is 6.07 Å². The highest BCUT2D eigenvalue weighted by Crippen LogP contribution is 2.23. The van der Waals surface area contributed by atoms with E-state index in [0.29, 0.717) is 24.9 Å². The fourth-order valence-electron chi connectivity index (χ4n) is 2.80. The van der Waals surface area contributed by atoms with Gasteiger partial charge in [0.15, 0.2) is 6.29 Å². The third-order valence-corrected chi connectivity index (χ3v) is 4.51. The Morgan fingerprint density at radius 1 is 1.30 bits per heavy atom. The first kappa shape index (κ1) is 17.3. The first-order chi connectivity index (χ1) is 11.0. The number of aldehydes is 1. The van der Waals surface area contributed by atoms with Crippen LogP contribution in [-0.2, 0) is 6.54 Å². The van der Waals surface area contributed by atoms with Crippen LogP contribution in [-0.4, -0.2) is 71.9 Å². The second-order valence-corrected chi connectivity index (χ2v) is 5.99. The Morgan fingerprint density at radius 2 is 1.96 bits per heavy atom. The number of nitrogens with zero attached hydrogens (tertiary/aromatic N) is 3. The topological polar surface area (TPSA) is 64.1 Å². The van der Waals surface area contributed by atoms with Gasteiger partial charge in [0.2, 0.25) is 0 Å². The number of benzene rings is 1. The fraction of sp³-hybridized carbons (Fsp3) is 0.529. The van der Waals surface area contributed by atoms with E-state index in [1.807, 2.05) is 11.8 Å². The molecule has 0 radical (unpaired) electrons. The van der Waals surface area contributed by atoms with Crippen molar-refractivity contribution in [1.29, 1.82) is 0 Å². The van der Waals surface area contributed by atoms with Crippen molar-refractivity contribution in [3.8, 4) is 5.75 Å². The fourth-order valence-corrected chi connectivity index (χ4v) is 2.80. The highest BCUT2D eigenvalue weighted by Gasteiger charge is 2.24. The molecule has 6 nitrogen and oxygen atoms in total. The van der Waals surface area contributed by atoms with Crippen LogP contribution in [0.2, 0.25) is 0 Å². The Bertz CT molecular complexity index is 581. The zero-order valence-electron chi connectivity index (χ0n) is 14.1. The van der Waals surface area contributed by atoms with Crippen LogP contribution >= 0.6 is 0 Å². The standard InChI is InChI=1S/C17H25N3O3/c1-4-19(17(23)20-9-7-18(3)8-10-20)11-14-5-6-16(22)15(12-21)13(14)2/h5-6,12,22H,4,7-11H2,1-3H3. The van der Waals surface area contributed by atoms with Crippen molar-refractivity contribution in [2.24, 2.45) is 0 Å². The van der Waals surface area contributed by atoms with E-state index in [2.05, 4.69) is 11.9 Å². The average Bonchev–Trinajstić information content (AvgIpc) is 2.55. The van der Waals surface area contributed by atoms with Crippen LogP contribution in [0.5, 0.6) is 5.75 Å². The van der Waals surface area contributed by atoms with Crippen LogP contribution in [0, 0.1) is 6.92 Å². The lowest BCUT2D eigenvalue weighted by molar-refractivity contribution is 0.112. The highest BCUT2D eigenvalue weighted by molar-refractivity contribution is 5.82. The van der Waals surface area contributed by atoms with Gasteiger partial charge in [0.25, 0.3) is 0 Å². The first-order valence-electron chi connectivity index (χ1n) is 7.97. The lowest BCUT2D eigenvalue weighted by Crippen LogP contribution is -2.51. The van der Waals surface area contributed by atoms with Gasteiger partial charge in [-0.25, -0.2) is 4.79 Å². The van der Waals surface area contributed by atoms with Gasteiger partial charge >= 0.3 is 6.03 Å². The molecule has 1 fully saturated rings. The van der Waals surface area contributed by atoms with Crippen molar-refractivity contribution < 1.29 is 14.7 Å². The second-order valence-electron chi connectivity index (χ2n) is 5.99. The molecule has 23 heavy (non-hydrogen) atoms. The lowest BCUT2D eigenvalue weighted by Gasteiger charge is -2.36. The minimum Gasteiger partial charge on any atom is -0.507 e. The molecule has 1 aromatic carbocycles. The van der Waals surface area contributed by atoms with Gasteiger partial charge in [-0.2, -0.15) is 0 Å². The summed E-state index contributed by atoms with van der Waals surface area (Å²) in [4.78, 5) is 29.7. The first-order valence-corrected chi connectivity index (χ1v) is 7.97. The van der Waals surface area contributed by atoms with E-state index in [1.54, 1.807) is 17.9 Å². The number of hydrogen-bond acceptors (Lipinski definition) is 4. The molecule has 126 valence electrons. The van der Waals surface area contributed by atoms with Crippen LogP contribution in [0.1, 0.15) is 28.4 Å². The summed E-state index contributed by atoms with van der Waals surface area (Å²) in [5, 5.41) is 9.72. The van der Waals surface area contributed by atoms with Gasteiger partial charge in [-0.05, 0) is 38.1 Å². The minimum atomic E-state index is -0.0188. The highest BCUT2D eigenvalue weighted by atomic mass is 16.3. The van der Waals surface area contributed by atoms with Crippen LogP contribution in [0.15, 0.2) is 12.1 Å². The minimum absolute atomic E-state index is 0.0188. The molecule has 1 saturated heterocycles. The summed E-state index contributed by atoms with van der Waals surface area (Å²) in [7, 11) is 2.06. The Morgan fingerprint density at radius 3 is 2.52 bits per heavy atom. The van der Waals surface area contributed by atoms with Gasteiger partial charge in [-0.15, -0.1) is 0 Å². The summed E-state index contributed by atoms with van der Waals surface area (Å²) >= 11 is 0. The van der Waals surface area contributed by atoms with E-state index in [9.17, 15) is 14.7 Å². The van der Waals surface area contributed by atoms with Crippen molar-refractivity contribution in [1.82, 2.24) is 14.7 Å². The van der Waals surface area contributed by atoms with E-state index in [0.717, 1.165) is 37.3 Å². The number of rotatable bonds is 4. The Balaban J connectivity index is 2.13. The smallest absolute Gasteiger partial charge is 0.320 e. The number of urea groups is 1. The molecule has 2 rings (SSSR count). The van der Waals surface area contributed by atoms with Crippen LogP contribution < -0.4 is 0 Å². The average molecular weight is 319 g/mol. The van der Waals surface area contributed by atoms with E-state index in [-0.39, 0.29) is 11.8 Å². The molecule has 2 amide bonds. The number of phenols is 1. The molecular formula is C17H25N3O3. The van der Waals surface area contributed by atoms with Crippen molar-refractivity contribution in [2.75, 3.05) is 39.8 Å². The van der Waals surface area contributed by atoms with E-state index in [4.69, 9.17) is 0 Å². The number of carbonyl (C=O) groups is 2. The predicted octanol–water partition coefficient (Wildman–Crippen LogP) is 1.70. The zero-order chi connectivity index (χ0) is 17.0. The normalized spacial score (nSPS) is 15.5. The monoisotopic (exact) mass is 319 g/mol. The molecule has 0 aromatic heterocycles. The number of aromatic hydroxyl groups is 1. The van der Waals surface area contributed by atoms with Crippen LogP contribution in [0.25, 0.3) is 0 Å². The van der Waals surface area contributed by atoms with Crippen molar-refractivity contribution in [3.05, 3.63) is 28.8 Å². The molecule has 1 aromatic rings. The zero-order valence-corrected chi connectivity index (χ0v) is 14.1. The van der Waals surface area contributed by atoms with Crippen LogP contribution in [0.3, 0.4) is 0 Å². The molecule has 0 atom stereocenters. The SMILES string of the molecule is CCN(Cc1ccc(O)c(C=O)c1C)C(=O)N1CCN(C)CC1. The molecule has 1 aliphatic heterocycles. The molecule has 0 saturated carbocycles. The maximum Gasteiger partial charge on any atom is 0.320 e. The van der Waals surface area contributed by atoms with E-state index in [1.165, 1.54) is 6.07 Å². The second kappa shape index (κ2) is 7.46. The maximum atomic E-state index is 12.7. The van der Waals surface area contributed by atoms with Gasteiger partial charge < -0.3 is 19.8 Å². The Labute approximate surface area is 137 Å². The number of phenolic OH excluding ortho intramolecular Hbond substituents is 1.